The number of hydrogen-bond donors (Lipinski definition) is 0. The Hall–Kier alpha value is -1.35. The van der Waals surface area contributed by atoms with Gasteiger partial charge in [0, 0.05) is 11.6 Å². The van der Waals surface area contributed by atoms with Gasteiger partial charge in [0.1, 0.15) is 10.3 Å². The summed E-state index contributed by atoms with van der Waals surface area (Å²) in [6.45, 7) is 0. The molecule has 0 saturated carbocycles. The van der Waals surface area contributed by atoms with Crippen LogP contribution >= 0.6 is 15.9 Å². The maximum atomic E-state index is 4.36. The third-order valence-corrected chi connectivity index (χ3v) is 2.94. The minimum Gasteiger partial charge on any atom is -0.294 e. The molecule has 0 radical (unpaired) electrons. The lowest BCUT2D eigenvalue weighted by Gasteiger charge is -2.00. The Balaban J connectivity index is 2.61. The summed E-state index contributed by atoms with van der Waals surface area (Å²) in [5.74, 6) is 0. The molecule has 0 spiro atoms. The number of rotatable bonds is 0. The minimum atomic E-state index is 0.984. The van der Waals surface area contributed by atoms with Crippen molar-refractivity contribution in [2.45, 2.75) is 0 Å². The normalized spacial score (nSPS) is 11.2. The fourth-order valence-electron chi connectivity index (χ4n) is 1.68. The fraction of sp³-hybridized carbons (Fsp3) is 0. The molecule has 3 heteroatoms. The van der Waals surface area contributed by atoms with E-state index in [-0.39, 0.29) is 0 Å². The van der Waals surface area contributed by atoms with E-state index >= 15 is 0 Å². The summed E-state index contributed by atoms with van der Waals surface area (Å²) < 4.78 is 3.01. The lowest BCUT2D eigenvalue weighted by Crippen LogP contribution is -1.85. The standard InChI is InChI=1S/C11H7BrN2/c12-10-7-13-11-9-4-2-1-3-8(9)5-6-14(10)11/h1-7H. The maximum absolute atomic E-state index is 4.36. The van der Waals surface area contributed by atoms with Crippen LogP contribution in [-0.2, 0) is 0 Å². The van der Waals surface area contributed by atoms with Gasteiger partial charge in [0.2, 0.25) is 0 Å². The number of nitrogens with zero attached hydrogens (tertiary/aromatic N) is 2. The Bertz CT molecular complexity index is 613. The van der Waals surface area contributed by atoms with Gasteiger partial charge in [-0.05, 0) is 27.4 Å². The summed E-state index contributed by atoms with van der Waals surface area (Å²) in [6.07, 6.45) is 3.84. The molecule has 14 heavy (non-hydrogen) atoms. The van der Waals surface area contributed by atoms with Gasteiger partial charge in [-0.2, -0.15) is 0 Å². The molecule has 3 aromatic rings. The van der Waals surface area contributed by atoms with Crippen LogP contribution in [-0.4, -0.2) is 9.38 Å². The van der Waals surface area contributed by atoms with Crippen molar-refractivity contribution in [2.24, 2.45) is 0 Å². The van der Waals surface area contributed by atoms with Gasteiger partial charge in [-0.1, -0.05) is 24.3 Å². The minimum absolute atomic E-state index is 0.984. The number of fused-ring (bicyclic) bond motifs is 3. The van der Waals surface area contributed by atoms with E-state index in [0.717, 1.165) is 10.3 Å². The lowest BCUT2D eigenvalue weighted by atomic mass is 10.2. The van der Waals surface area contributed by atoms with Gasteiger partial charge in [-0.15, -0.1) is 0 Å². The van der Waals surface area contributed by atoms with Gasteiger partial charge in [0.15, 0.2) is 0 Å². The molecule has 0 atom stereocenters. The summed E-state index contributed by atoms with van der Waals surface area (Å²) in [7, 11) is 0. The number of aromatic nitrogens is 2. The fourth-order valence-corrected chi connectivity index (χ4v) is 2.07. The zero-order valence-corrected chi connectivity index (χ0v) is 8.90. The molecule has 0 saturated heterocycles. The van der Waals surface area contributed by atoms with Crippen molar-refractivity contribution in [3.63, 3.8) is 0 Å². The first-order chi connectivity index (χ1) is 6.86. The number of halogens is 1. The van der Waals surface area contributed by atoms with E-state index < -0.39 is 0 Å². The van der Waals surface area contributed by atoms with E-state index in [0.29, 0.717) is 0 Å². The molecular formula is C11H7BrN2. The molecule has 68 valence electrons. The van der Waals surface area contributed by atoms with Gasteiger partial charge in [-0.3, -0.25) is 4.40 Å². The Labute approximate surface area is 89.3 Å². The maximum Gasteiger partial charge on any atom is 0.145 e. The predicted octanol–water partition coefficient (Wildman–Crippen LogP) is 3.25. The molecule has 0 N–H and O–H groups in total. The third kappa shape index (κ3) is 0.990. The highest BCUT2D eigenvalue weighted by Crippen LogP contribution is 2.21. The van der Waals surface area contributed by atoms with E-state index in [1.807, 2.05) is 28.9 Å². The molecule has 0 fully saturated rings. The number of pyridine rings is 1. The number of hydrogen-bond acceptors (Lipinski definition) is 1. The third-order valence-electron chi connectivity index (χ3n) is 2.36. The predicted molar refractivity (Wildman–Crippen MR) is 60.4 cm³/mol. The molecule has 0 bridgehead atoms. The van der Waals surface area contributed by atoms with Gasteiger partial charge >= 0.3 is 0 Å². The monoisotopic (exact) mass is 246 g/mol. The molecule has 2 heterocycles. The van der Waals surface area contributed by atoms with E-state index in [2.05, 4.69) is 39.1 Å². The summed E-state index contributed by atoms with van der Waals surface area (Å²) in [5, 5.41) is 2.40. The quantitative estimate of drug-likeness (QED) is 0.596. The van der Waals surface area contributed by atoms with Gasteiger partial charge < -0.3 is 0 Å². The van der Waals surface area contributed by atoms with E-state index in [4.69, 9.17) is 0 Å². The van der Waals surface area contributed by atoms with Crippen LogP contribution in [0.4, 0.5) is 0 Å². The zero-order valence-electron chi connectivity index (χ0n) is 7.31. The molecule has 3 rings (SSSR count). The first-order valence-electron chi connectivity index (χ1n) is 4.36. The molecule has 2 aromatic heterocycles. The van der Waals surface area contributed by atoms with E-state index in [1.165, 1.54) is 10.8 Å². The molecule has 2 nitrogen and oxygen atoms in total. The van der Waals surface area contributed by atoms with Gasteiger partial charge in [0.25, 0.3) is 0 Å². The number of imidazole rings is 1. The van der Waals surface area contributed by atoms with Crippen molar-refractivity contribution in [1.29, 1.82) is 0 Å². The number of benzene rings is 1. The van der Waals surface area contributed by atoms with Crippen LogP contribution in [0.1, 0.15) is 0 Å². The van der Waals surface area contributed by atoms with Crippen molar-refractivity contribution < 1.29 is 0 Å². The van der Waals surface area contributed by atoms with Crippen LogP contribution in [0.3, 0.4) is 0 Å². The smallest absolute Gasteiger partial charge is 0.145 e. The van der Waals surface area contributed by atoms with Crippen molar-refractivity contribution in [2.75, 3.05) is 0 Å². The summed E-state index contributed by atoms with van der Waals surface area (Å²) in [4.78, 5) is 4.36. The van der Waals surface area contributed by atoms with Crippen LogP contribution in [0.15, 0.2) is 47.3 Å². The van der Waals surface area contributed by atoms with E-state index in [9.17, 15) is 0 Å². The van der Waals surface area contributed by atoms with Gasteiger partial charge in [0.05, 0.1) is 6.20 Å². The van der Waals surface area contributed by atoms with Crippen molar-refractivity contribution in [1.82, 2.24) is 9.38 Å². The van der Waals surface area contributed by atoms with Crippen LogP contribution in [0.5, 0.6) is 0 Å². The second kappa shape index (κ2) is 2.82. The topological polar surface area (TPSA) is 17.3 Å². The average Bonchev–Trinajstić information content (AvgIpc) is 2.61. The Morgan fingerprint density at radius 3 is 2.93 bits per heavy atom. The van der Waals surface area contributed by atoms with Crippen molar-refractivity contribution in [3.05, 3.63) is 47.3 Å². The second-order valence-electron chi connectivity index (χ2n) is 3.18. The highest BCUT2D eigenvalue weighted by atomic mass is 79.9. The summed E-state index contributed by atoms with van der Waals surface area (Å²) in [5.41, 5.74) is 0.995. The molecule has 0 aliphatic carbocycles. The highest BCUT2D eigenvalue weighted by molar-refractivity contribution is 9.10. The Morgan fingerprint density at radius 1 is 1.14 bits per heavy atom. The first kappa shape index (κ1) is 8.00. The Morgan fingerprint density at radius 2 is 2.00 bits per heavy atom. The second-order valence-corrected chi connectivity index (χ2v) is 3.99. The largest absolute Gasteiger partial charge is 0.294 e. The zero-order chi connectivity index (χ0) is 9.54. The Kier molecular flexibility index (Phi) is 1.61. The van der Waals surface area contributed by atoms with Crippen LogP contribution in [0, 0.1) is 0 Å². The highest BCUT2D eigenvalue weighted by Gasteiger charge is 2.03. The molecule has 0 amide bonds. The molecule has 0 aliphatic rings. The van der Waals surface area contributed by atoms with Crippen molar-refractivity contribution in [3.8, 4) is 0 Å². The lowest BCUT2D eigenvalue weighted by molar-refractivity contribution is 1.17. The summed E-state index contributed by atoms with van der Waals surface area (Å²) in [6, 6.07) is 10.3. The SMILES string of the molecule is Brc1cnc2c3ccccc3ccn12. The average molecular weight is 247 g/mol. The van der Waals surface area contributed by atoms with Gasteiger partial charge in [-0.25, -0.2) is 4.98 Å². The summed E-state index contributed by atoms with van der Waals surface area (Å²) >= 11 is 3.45. The van der Waals surface area contributed by atoms with Crippen LogP contribution in [0.2, 0.25) is 0 Å². The van der Waals surface area contributed by atoms with E-state index in [1.54, 1.807) is 0 Å². The molecular weight excluding hydrogens is 240 g/mol. The van der Waals surface area contributed by atoms with Crippen LogP contribution in [0.25, 0.3) is 16.4 Å². The molecule has 1 aromatic carbocycles. The van der Waals surface area contributed by atoms with Crippen molar-refractivity contribution >= 4 is 32.3 Å². The molecule has 0 aliphatic heterocycles. The van der Waals surface area contributed by atoms with Crippen LogP contribution < -0.4 is 0 Å². The first-order valence-corrected chi connectivity index (χ1v) is 5.16. The molecule has 0 unspecified atom stereocenters.